The zero-order valence-electron chi connectivity index (χ0n) is 13.4. The average Bonchev–Trinajstić information content (AvgIpc) is 2.46. The van der Waals surface area contributed by atoms with Crippen LogP contribution in [0.3, 0.4) is 0 Å². The van der Waals surface area contributed by atoms with E-state index in [0.29, 0.717) is 0 Å². The van der Waals surface area contributed by atoms with E-state index in [1.807, 2.05) is 0 Å². The van der Waals surface area contributed by atoms with Crippen LogP contribution in [0, 0.1) is 0 Å². The van der Waals surface area contributed by atoms with E-state index in [9.17, 15) is 0 Å². The third-order valence-corrected chi connectivity index (χ3v) is 4.11. The Morgan fingerprint density at radius 3 is 1.20 bits per heavy atom. The fourth-order valence-electron chi connectivity index (χ4n) is 2.84. The van der Waals surface area contributed by atoms with Crippen molar-refractivity contribution in [1.82, 2.24) is 0 Å². The first-order valence-electron chi connectivity index (χ1n) is 8.42. The summed E-state index contributed by atoms with van der Waals surface area (Å²) in [7, 11) is 0. The van der Waals surface area contributed by atoms with Crippen LogP contribution in [0.5, 0.6) is 0 Å². The molecule has 0 radical (unpaired) electrons. The van der Waals surface area contributed by atoms with E-state index < -0.39 is 0 Å². The Labute approximate surface area is 125 Å². The molecule has 0 aliphatic rings. The molecule has 20 heavy (non-hydrogen) atoms. The molecule has 122 valence electrons. The number of quaternary nitrogens is 1. The fourth-order valence-corrected chi connectivity index (χ4v) is 2.84. The van der Waals surface area contributed by atoms with Crippen molar-refractivity contribution >= 4 is 0 Å². The molecule has 0 bridgehead atoms. The maximum Gasteiger partial charge on any atom is 0.0787 e. The van der Waals surface area contributed by atoms with E-state index in [2.05, 4.69) is 6.92 Å². The number of aliphatic hydroxyl groups excluding tert-OH is 3. The van der Waals surface area contributed by atoms with Gasteiger partial charge in [-0.25, -0.2) is 0 Å². The minimum absolute atomic E-state index is 0.279. The van der Waals surface area contributed by atoms with Crippen molar-refractivity contribution in [2.45, 2.75) is 58.3 Å². The van der Waals surface area contributed by atoms with E-state index in [4.69, 9.17) is 15.3 Å². The Morgan fingerprint density at radius 1 is 0.550 bits per heavy atom. The zero-order chi connectivity index (χ0) is 15.1. The monoisotopic (exact) mass is 290 g/mol. The highest BCUT2D eigenvalue weighted by Gasteiger charge is 2.25. The summed E-state index contributed by atoms with van der Waals surface area (Å²) in [6.07, 6.45) is 8.29. The summed E-state index contributed by atoms with van der Waals surface area (Å²) in [5, 5.41) is 27.0. The second-order valence-electron chi connectivity index (χ2n) is 5.88. The second kappa shape index (κ2) is 13.8. The maximum atomic E-state index is 8.99. The molecule has 0 rings (SSSR count). The molecule has 0 spiro atoms. The van der Waals surface area contributed by atoms with E-state index in [0.717, 1.165) is 62.6 Å². The van der Waals surface area contributed by atoms with Gasteiger partial charge in [0.15, 0.2) is 0 Å². The van der Waals surface area contributed by atoms with Crippen LogP contribution in [0.15, 0.2) is 0 Å². The molecule has 0 heterocycles. The van der Waals surface area contributed by atoms with Crippen LogP contribution >= 0.6 is 0 Å². The van der Waals surface area contributed by atoms with Crippen LogP contribution in [0.25, 0.3) is 0 Å². The molecule has 0 aromatic rings. The summed E-state index contributed by atoms with van der Waals surface area (Å²) in [4.78, 5) is 0. The molecule has 0 aliphatic carbocycles. The van der Waals surface area contributed by atoms with Crippen LogP contribution in [-0.4, -0.2) is 65.8 Å². The van der Waals surface area contributed by atoms with Crippen LogP contribution in [-0.2, 0) is 0 Å². The first-order chi connectivity index (χ1) is 9.74. The molecule has 4 heteroatoms. The Bertz CT molecular complexity index is 174. The molecule has 0 aromatic carbocycles. The van der Waals surface area contributed by atoms with Crippen molar-refractivity contribution in [2.24, 2.45) is 0 Å². The Morgan fingerprint density at radius 2 is 0.900 bits per heavy atom. The van der Waals surface area contributed by atoms with Crippen molar-refractivity contribution in [2.75, 3.05) is 46.0 Å². The third-order valence-electron chi connectivity index (χ3n) is 4.11. The van der Waals surface area contributed by atoms with Crippen LogP contribution in [0.1, 0.15) is 58.3 Å². The molecule has 0 atom stereocenters. The number of nitrogens with zero attached hydrogens (tertiary/aromatic N) is 1. The summed E-state index contributed by atoms with van der Waals surface area (Å²) >= 11 is 0. The van der Waals surface area contributed by atoms with Gasteiger partial charge in [0.05, 0.1) is 26.2 Å². The largest absolute Gasteiger partial charge is 0.396 e. The highest BCUT2D eigenvalue weighted by atomic mass is 16.3. The molecular formula is C16H36NO3+. The first kappa shape index (κ1) is 19.8. The van der Waals surface area contributed by atoms with Gasteiger partial charge >= 0.3 is 0 Å². The third kappa shape index (κ3) is 9.70. The van der Waals surface area contributed by atoms with Gasteiger partial charge < -0.3 is 19.8 Å². The van der Waals surface area contributed by atoms with Gasteiger partial charge in [-0.05, 0) is 44.9 Å². The number of hydrogen-bond donors (Lipinski definition) is 3. The smallest absolute Gasteiger partial charge is 0.0787 e. The molecule has 3 N–H and O–H groups in total. The van der Waals surface area contributed by atoms with Gasteiger partial charge in [-0.2, -0.15) is 0 Å². The molecular weight excluding hydrogens is 254 g/mol. The highest BCUT2D eigenvalue weighted by Crippen LogP contribution is 2.16. The molecule has 0 saturated carbocycles. The normalized spacial score (nSPS) is 12.0. The lowest BCUT2D eigenvalue weighted by Gasteiger charge is -2.39. The molecule has 0 saturated heterocycles. The van der Waals surface area contributed by atoms with Gasteiger partial charge in [-0.3, -0.25) is 0 Å². The van der Waals surface area contributed by atoms with Crippen molar-refractivity contribution in [3.63, 3.8) is 0 Å². The van der Waals surface area contributed by atoms with Crippen molar-refractivity contribution in [1.29, 1.82) is 0 Å². The Hall–Kier alpha value is -0.160. The Balaban J connectivity index is 4.48. The SMILES string of the molecule is CCCC[N+](CCCCO)(CCCCO)CCCCO. The number of aliphatic hydroxyl groups is 3. The number of hydrogen-bond acceptors (Lipinski definition) is 3. The van der Waals surface area contributed by atoms with E-state index in [1.54, 1.807) is 0 Å². The van der Waals surface area contributed by atoms with E-state index in [-0.39, 0.29) is 19.8 Å². The van der Waals surface area contributed by atoms with Gasteiger partial charge in [0.2, 0.25) is 0 Å². The average molecular weight is 290 g/mol. The summed E-state index contributed by atoms with van der Waals surface area (Å²) in [5.41, 5.74) is 0. The quantitative estimate of drug-likeness (QED) is 0.319. The van der Waals surface area contributed by atoms with Gasteiger partial charge in [0.25, 0.3) is 0 Å². The summed E-state index contributed by atoms with van der Waals surface area (Å²) in [5.74, 6) is 0. The standard InChI is InChI=1S/C16H36NO3/c1-2-3-10-17(11-4-7-14-18,12-5-8-15-19)13-6-9-16-20/h18-20H,2-16H2,1H3/q+1. The molecule has 0 aliphatic heterocycles. The molecule has 0 aromatic heterocycles. The van der Waals surface area contributed by atoms with Gasteiger partial charge in [0.1, 0.15) is 0 Å². The molecule has 0 fully saturated rings. The first-order valence-corrected chi connectivity index (χ1v) is 8.42. The second-order valence-corrected chi connectivity index (χ2v) is 5.88. The minimum atomic E-state index is 0.279. The van der Waals surface area contributed by atoms with E-state index >= 15 is 0 Å². The van der Waals surface area contributed by atoms with Crippen molar-refractivity contribution in [3.8, 4) is 0 Å². The predicted molar refractivity (Wildman–Crippen MR) is 83.6 cm³/mol. The maximum absolute atomic E-state index is 8.99. The summed E-state index contributed by atoms with van der Waals surface area (Å²) < 4.78 is 1.10. The lowest BCUT2D eigenvalue weighted by Crippen LogP contribution is -2.51. The van der Waals surface area contributed by atoms with Crippen LogP contribution in [0.2, 0.25) is 0 Å². The lowest BCUT2D eigenvalue weighted by atomic mass is 10.1. The molecule has 4 nitrogen and oxygen atoms in total. The number of rotatable bonds is 15. The van der Waals surface area contributed by atoms with Gasteiger partial charge in [0, 0.05) is 19.8 Å². The Kier molecular flexibility index (Phi) is 13.7. The number of unbranched alkanes of at least 4 members (excludes halogenated alkanes) is 4. The van der Waals surface area contributed by atoms with Crippen LogP contribution < -0.4 is 0 Å². The molecule has 0 amide bonds. The van der Waals surface area contributed by atoms with E-state index in [1.165, 1.54) is 19.4 Å². The minimum Gasteiger partial charge on any atom is -0.396 e. The summed E-state index contributed by atoms with van der Waals surface area (Å²) in [6.45, 7) is 7.62. The summed E-state index contributed by atoms with van der Waals surface area (Å²) in [6, 6.07) is 0. The topological polar surface area (TPSA) is 60.7 Å². The van der Waals surface area contributed by atoms with Crippen LogP contribution in [0.4, 0.5) is 0 Å². The highest BCUT2D eigenvalue weighted by molar-refractivity contribution is 4.51. The lowest BCUT2D eigenvalue weighted by molar-refractivity contribution is -0.929. The fraction of sp³-hybridized carbons (Fsp3) is 1.00. The van der Waals surface area contributed by atoms with Gasteiger partial charge in [-0.15, -0.1) is 0 Å². The zero-order valence-corrected chi connectivity index (χ0v) is 13.4. The predicted octanol–water partition coefficient (Wildman–Crippen LogP) is 1.92. The van der Waals surface area contributed by atoms with Gasteiger partial charge in [-0.1, -0.05) is 13.3 Å². The van der Waals surface area contributed by atoms with Crippen molar-refractivity contribution < 1.29 is 19.8 Å². The molecule has 0 unspecified atom stereocenters. The van der Waals surface area contributed by atoms with Crippen molar-refractivity contribution in [3.05, 3.63) is 0 Å².